The van der Waals surface area contributed by atoms with Gasteiger partial charge in [0, 0.05) is 57.1 Å². The van der Waals surface area contributed by atoms with Crippen molar-refractivity contribution in [2.24, 2.45) is 12.0 Å². The van der Waals surface area contributed by atoms with Gasteiger partial charge in [-0.3, -0.25) is 9.98 Å². The van der Waals surface area contributed by atoms with Crippen molar-refractivity contribution >= 4 is 28.5 Å². The molecule has 1 aromatic carbocycles. The van der Waals surface area contributed by atoms with E-state index in [2.05, 4.69) is 33.4 Å². The second kappa shape index (κ2) is 8.23. The van der Waals surface area contributed by atoms with Gasteiger partial charge < -0.3 is 14.8 Å². The summed E-state index contributed by atoms with van der Waals surface area (Å²) in [4.78, 5) is 11.2. The Kier molecular flexibility index (Phi) is 5.78. The molecule has 2 aromatic heterocycles. The molecule has 5 nitrogen and oxygen atoms in total. The highest BCUT2D eigenvalue weighted by Gasteiger charge is 2.09. The average Bonchev–Trinajstić information content (AvgIpc) is 2.95. The lowest BCUT2D eigenvalue weighted by atomic mass is 10.2. The molecule has 26 heavy (non-hydrogen) atoms. The Morgan fingerprint density at radius 3 is 2.81 bits per heavy atom. The van der Waals surface area contributed by atoms with Gasteiger partial charge in [0.2, 0.25) is 0 Å². The number of halogens is 1. The molecule has 1 N–H and O–H groups in total. The molecule has 0 saturated carbocycles. The van der Waals surface area contributed by atoms with Crippen LogP contribution in [-0.4, -0.2) is 41.1 Å². The number of nitrogens with one attached hydrogen (secondary N) is 1. The van der Waals surface area contributed by atoms with Gasteiger partial charge in [-0.25, -0.2) is 0 Å². The first-order valence-corrected chi connectivity index (χ1v) is 9.02. The summed E-state index contributed by atoms with van der Waals surface area (Å²) in [5.41, 5.74) is 3.24. The third kappa shape index (κ3) is 4.35. The predicted octanol–water partition coefficient (Wildman–Crippen LogP) is 3.48. The zero-order valence-electron chi connectivity index (χ0n) is 15.4. The van der Waals surface area contributed by atoms with Gasteiger partial charge in [-0.2, -0.15) is 0 Å². The first kappa shape index (κ1) is 18.3. The molecule has 0 aliphatic carbocycles. The first-order chi connectivity index (χ1) is 12.6. The first-order valence-electron chi connectivity index (χ1n) is 8.64. The summed E-state index contributed by atoms with van der Waals surface area (Å²) in [6.07, 6.45) is 2.75. The number of nitrogens with zero attached hydrogens (tertiary/aromatic N) is 4. The minimum atomic E-state index is 0.733. The van der Waals surface area contributed by atoms with Crippen molar-refractivity contribution in [3.05, 3.63) is 65.1 Å². The SMILES string of the molecule is CN=C(NCCc1ccc2ccccc2n1)N(C)Cc1cc(Cl)cn1C. The van der Waals surface area contributed by atoms with E-state index in [1.54, 1.807) is 7.05 Å². The van der Waals surface area contributed by atoms with E-state index in [9.17, 15) is 0 Å². The molecule has 0 unspecified atom stereocenters. The molecule has 0 aliphatic heterocycles. The zero-order valence-corrected chi connectivity index (χ0v) is 16.2. The molecule has 0 atom stereocenters. The van der Waals surface area contributed by atoms with Crippen molar-refractivity contribution in [2.75, 3.05) is 20.6 Å². The van der Waals surface area contributed by atoms with Gasteiger partial charge in [0.15, 0.2) is 5.96 Å². The van der Waals surface area contributed by atoms with Gasteiger partial charge in [-0.15, -0.1) is 0 Å². The van der Waals surface area contributed by atoms with Crippen molar-refractivity contribution in [3.8, 4) is 0 Å². The van der Waals surface area contributed by atoms with Crippen molar-refractivity contribution in [3.63, 3.8) is 0 Å². The van der Waals surface area contributed by atoms with Crippen molar-refractivity contribution in [1.82, 2.24) is 19.8 Å². The number of aromatic nitrogens is 2. The van der Waals surface area contributed by atoms with Crippen LogP contribution in [0.5, 0.6) is 0 Å². The van der Waals surface area contributed by atoms with E-state index < -0.39 is 0 Å². The number of hydrogen-bond acceptors (Lipinski definition) is 2. The monoisotopic (exact) mass is 369 g/mol. The van der Waals surface area contributed by atoms with Gasteiger partial charge >= 0.3 is 0 Å². The van der Waals surface area contributed by atoms with Crippen LogP contribution in [0.3, 0.4) is 0 Å². The largest absolute Gasteiger partial charge is 0.356 e. The standard InChI is InChI=1S/C20H24ClN5/c1-22-20(26(3)14-18-12-16(21)13-25(18)2)23-11-10-17-9-8-15-6-4-5-7-19(15)24-17/h4-9,12-13H,10-11,14H2,1-3H3,(H,22,23). The van der Waals surface area contributed by atoms with E-state index in [0.29, 0.717) is 0 Å². The summed E-state index contributed by atoms with van der Waals surface area (Å²) >= 11 is 6.06. The number of fused-ring (bicyclic) bond motifs is 1. The van der Waals surface area contributed by atoms with E-state index in [0.717, 1.165) is 47.4 Å². The average molecular weight is 370 g/mol. The fourth-order valence-corrected chi connectivity index (χ4v) is 3.25. The van der Waals surface area contributed by atoms with Crippen LogP contribution in [0, 0.1) is 0 Å². The maximum atomic E-state index is 6.06. The summed E-state index contributed by atoms with van der Waals surface area (Å²) in [5.74, 6) is 0.850. The Hall–Kier alpha value is -2.53. The lowest BCUT2D eigenvalue weighted by Gasteiger charge is -2.22. The summed E-state index contributed by atoms with van der Waals surface area (Å²) < 4.78 is 2.03. The second-order valence-electron chi connectivity index (χ2n) is 6.34. The summed E-state index contributed by atoms with van der Waals surface area (Å²) in [5, 5.41) is 5.32. The third-order valence-corrected chi connectivity index (χ3v) is 4.57. The van der Waals surface area contributed by atoms with Crippen LogP contribution in [0.15, 0.2) is 53.7 Å². The Bertz CT molecular complexity index is 915. The highest BCUT2D eigenvalue weighted by Crippen LogP contribution is 2.14. The number of benzene rings is 1. The molecule has 3 aromatic rings. The maximum Gasteiger partial charge on any atom is 0.193 e. The Morgan fingerprint density at radius 2 is 2.08 bits per heavy atom. The van der Waals surface area contributed by atoms with Crippen molar-refractivity contribution in [2.45, 2.75) is 13.0 Å². The zero-order chi connectivity index (χ0) is 18.5. The maximum absolute atomic E-state index is 6.06. The highest BCUT2D eigenvalue weighted by atomic mass is 35.5. The number of aryl methyl sites for hydroxylation is 1. The van der Waals surface area contributed by atoms with Crippen LogP contribution in [-0.2, 0) is 20.0 Å². The van der Waals surface area contributed by atoms with Gasteiger partial charge in [0.05, 0.1) is 17.1 Å². The highest BCUT2D eigenvalue weighted by molar-refractivity contribution is 6.30. The smallest absolute Gasteiger partial charge is 0.193 e. The molecular formula is C20H24ClN5. The Labute approximate surface area is 159 Å². The minimum absolute atomic E-state index is 0.733. The molecule has 0 fully saturated rings. The van der Waals surface area contributed by atoms with Crippen LogP contribution in [0.25, 0.3) is 10.9 Å². The molecule has 0 aliphatic rings. The molecule has 2 heterocycles. The number of guanidine groups is 1. The van der Waals surface area contributed by atoms with Gasteiger partial charge in [0.25, 0.3) is 0 Å². The fraction of sp³-hybridized carbons (Fsp3) is 0.300. The lowest BCUT2D eigenvalue weighted by molar-refractivity contribution is 0.462. The quantitative estimate of drug-likeness (QED) is 0.553. The summed E-state index contributed by atoms with van der Waals surface area (Å²) in [6.45, 7) is 1.51. The van der Waals surface area contributed by atoms with Gasteiger partial charge in [-0.05, 0) is 18.2 Å². The van der Waals surface area contributed by atoms with Crippen LogP contribution < -0.4 is 5.32 Å². The third-order valence-electron chi connectivity index (χ3n) is 4.37. The van der Waals surface area contributed by atoms with E-state index in [-0.39, 0.29) is 0 Å². The molecule has 6 heteroatoms. The van der Waals surface area contributed by atoms with E-state index >= 15 is 0 Å². The number of pyridine rings is 1. The van der Waals surface area contributed by atoms with Gasteiger partial charge in [0.1, 0.15) is 0 Å². The molecular weight excluding hydrogens is 346 g/mol. The minimum Gasteiger partial charge on any atom is -0.356 e. The van der Waals surface area contributed by atoms with Gasteiger partial charge in [-0.1, -0.05) is 35.9 Å². The lowest BCUT2D eigenvalue weighted by Crippen LogP contribution is -2.39. The number of aliphatic imine (C=N–C) groups is 1. The summed E-state index contributed by atoms with van der Waals surface area (Å²) in [6, 6.07) is 14.4. The van der Waals surface area contributed by atoms with Crippen LogP contribution in [0.2, 0.25) is 5.02 Å². The van der Waals surface area contributed by atoms with E-state index in [1.165, 1.54) is 5.39 Å². The number of hydrogen-bond donors (Lipinski definition) is 1. The van der Waals surface area contributed by atoms with E-state index in [1.807, 2.05) is 49.1 Å². The predicted molar refractivity (Wildman–Crippen MR) is 109 cm³/mol. The van der Waals surface area contributed by atoms with E-state index in [4.69, 9.17) is 16.6 Å². The Balaban J connectivity index is 1.57. The molecule has 0 radical (unpaired) electrons. The topological polar surface area (TPSA) is 45.5 Å². The molecule has 3 rings (SSSR count). The summed E-state index contributed by atoms with van der Waals surface area (Å²) in [7, 11) is 5.81. The second-order valence-corrected chi connectivity index (χ2v) is 6.77. The Morgan fingerprint density at radius 1 is 1.27 bits per heavy atom. The van der Waals surface area contributed by atoms with Crippen molar-refractivity contribution in [1.29, 1.82) is 0 Å². The van der Waals surface area contributed by atoms with Crippen LogP contribution in [0.4, 0.5) is 0 Å². The molecule has 0 spiro atoms. The fourth-order valence-electron chi connectivity index (χ4n) is 2.98. The molecule has 0 bridgehead atoms. The normalized spacial score (nSPS) is 11.8. The number of rotatable bonds is 5. The van der Waals surface area contributed by atoms with Crippen LogP contribution >= 0.6 is 11.6 Å². The van der Waals surface area contributed by atoms with Crippen molar-refractivity contribution < 1.29 is 0 Å². The molecule has 136 valence electrons. The molecule has 0 saturated heterocycles. The van der Waals surface area contributed by atoms with Crippen LogP contribution in [0.1, 0.15) is 11.4 Å². The molecule has 0 amide bonds. The number of para-hydroxylation sites is 1.